The second kappa shape index (κ2) is 3.80. The maximum atomic E-state index is 6.53. The molecule has 0 aliphatic carbocycles. The zero-order valence-corrected chi connectivity index (χ0v) is 5.40. The monoisotopic (exact) mass is 164 g/mol. The van der Waals surface area contributed by atoms with Gasteiger partial charge in [0.1, 0.15) is 7.11 Å². The zero-order valence-electron chi connectivity index (χ0n) is 3.81. The molecule has 4 heteroatoms. The predicted molar refractivity (Wildman–Crippen MR) is 32.2 cm³/mol. The van der Waals surface area contributed by atoms with Crippen molar-refractivity contribution in [2.24, 2.45) is 5.16 Å². The molecule has 0 radical (unpaired) electrons. The van der Waals surface area contributed by atoms with Crippen LogP contribution in [-0.2, 0) is 4.84 Å². The average Bonchev–Trinajstić information content (AvgIpc) is 1.68. The summed E-state index contributed by atoms with van der Waals surface area (Å²) in [7, 11) is 1.42. The van der Waals surface area contributed by atoms with Crippen LogP contribution in [-0.4, -0.2) is 17.9 Å². The van der Waals surface area contributed by atoms with E-state index in [4.69, 9.17) is 5.41 Å². The van der Waals surface area contributed by atoms with Gasteiger partial charge in [0.2, 0.25) is 0 Å². The molecular formula is C3H5BrN2O. The van der Waals surface area contributed by atoms with Gasteiger partial charge in [-0.25, -0.2) is 0 Å². The molecule has 0 rings (SSSR count). The van der Waals surface area contributed by atoms with Gasteiger partial charge < -0.3 is 10.2 Å². The Balaban J connectivity index is 3.49. The zero-order chi connectivity index (χ0) is 5.70. The summed E-state index contributed by atoms with van der Waals surface area (Å²) in [4.78, 5) is 4.28. The lowest BCUT2D eigenvalue weighted by molar-refractivity contribution is 0.215. The summed E-state index contributed by atoms with van der Waals surface area (Å²) < 4.78 is 0.384. The molecule has 0 bridgehead atoms. The van der Waals surface area contributed by atoms with Crippen LogP contribution in [0.2, 0.25) is 0 Å². The van der Waals surface area contributed by atoms with Gasteiger partial charge in [0.15, 0.2) is 4.62 Å². The molecule has 0 fully saturated rings. The number of oxime groups is 1. The number of halogens is 1. The van der Waals surface area contributed by atoms with Crippen LogP contribution in [0, 0.1) is 5.41 Å². The number of hydrogen-bond acceptors (Lipinski definition) is 3. The molecule has 0 heterocycles. The van der Waals surface area contributed by atoms with E-state index >= 15 is 0 Å². The van der Waals surface area contributed by atoms with Crippen LogP contribution in [0.5, 0.6) is 0 Å². The van der Waals surface area contributed by atoms with E-state index in [9.17, 15) is 0 Å². The van der Waals surface area contributed by atoms with Crippen molar-refractivity contribution in [1.29, 1.82) is 5.41 Å². The first kappa shape index (κ1) is 6.62. The fourth-order valence-electron chi connectivity index (χ4n) is 0.114. The van der Waals surface area contributed by atoms with Crippen molar-refractivity contribution < 1.29 is 4.84 Å². The predicted octanol–water partition coefficient (Wildman–Crippen LogP) is 0.991. The van der Waals surface area contributed by atoms with E-state index in [-0.39, 0.29) is 0 Å². The Morgan fingerprint density at radius 2 is 2.57 bits per heavy atom. The van der Waals surface area contributed by atoms with E-state index in [1.54, 1.807) is 0 Å². The highest BCUT2D eigenvalue weighted by Gasteiger charge is 1.79. The minimum absolute atomic E-state index is 0.384. The minimum atomic E-state index is 0.384. The van der Waals surface area contributed by atoms with E-state index in [2.05, 4.69) is 25.9 Å². The van der Waals surface area contributed by atoms with Crippen molar-refractivity contribution in [2.45, 2.75) is 0 Å². The molecule has 3 nitrogen and oxygen atoms in total. The summed E-state index contributed by atoms with van der Waals surface area (Å²) in [5.74, 6) is 0. The molecule has 0 amide bonds. The third-order valence-electron chi connectivity index (χ3n) is 0.298. The first-order valence-electron chi connectivity index (χ1n) is 1.58. The van der Waals surface area contributed by atoms with Gasteiger partial charge in [-0.1, -0.05) is 5.16 Å². The van der Waals surface area contributed by atoms with E-state index in [0.29, 0.717) is 4.62 Å². The molecule has 0 saturated carbocycles. The van der Waals surface area contributed by atoms with Crippen molar-refractivity contribution >= 4 is 26.8 Å². The van der Waals surface area contributed by atoms with Gasteiger partial charge in [0.05, 0.1) is 6.21 Å². The van der Waals surface area contributed by atoms with E-state index in [1.807, 2.05) is 0 Å². The second-order valence-electron chi connectivity index (χ2n) is 0.741. The molecule has 0 atom stereocenters. The van der Waals surface area contributed by atoms with E-state index in [1.165, 1.54) is 7.11 Å². The summed E-state index contributed by atoms with van der Waals surface area (Å²) in [5, 5.41) is 9.86. The molecule has 0 aromatic rings. The molecule has 0 spiro atoms. The van der Waals surface area contributed by atoms with Crippen molar-refractivity contribution in [1.82, 2.24) is 0 Å². The SMILES string of the molecule is CO/N=C(/Br)C=N. The van der Waals surface area contributed by atoms with Crippen molar-refractivity contribution in [2.75, 3.05) is 7.11 Å². The molecule has 7 heavy (non-hydrogen) atoms. The third kappa shape index (κ3) is 3.45. The Morgan fingerprint density at radius 3 is 2.71 bits per heavy atom. The summed E-state index contributed by atoms with van der Waals surface area (Å²) >= 11 is 2.92. The summed E-state index contributed by atoms with van der Waals surface area (Å²) in [6.07, 6.45) is 1.05. The molecule has 1 N–H and O–H groups in total. The first-order valence-corrected chi connectivity index (χ1v) is 2.37. The quantitative estimate of drug-likeness (QED) is 0.481. The van der Waals surface area contributed by atoms with Gasteiger partial charge in [0, 0.05) is 0 Å². The van der Waals surface area contributed by atoms with Gasteiger partial charge in [-0.15, -0.1) is 0 Å². The van der Waals surface area contributed by atoms with Crippen LogP contribution in [0.25, 0.3) is 0 Å². The highest BCUT2D eigenvalue weighted by Crippen LogP contribution is 1.83. The highest BCUT2D eigenvalue weighted by atomic mass is 79.9. The van der Waals surface area contributed by atoms with Gasteiger partial charge in [0.25, 0.3) is 0 Å². The number of hydrogen-bond donors (Lipinski definition) is 1. The Hall–Kier alpha value is -0.380. The molecule has 0 unspecified atom stereocenters. The fourth-order valence-corrected chi connectivity index (χ4v) is 0.258. The van der Waals surface area contributed by atoms with Crippen LogP contribution >= 0.6 is 15.9 Å². The lowest BCUT2D eigenvalue weighted by Crippen LogP contribution is -1.84. The molecule has 0 aliphatic rings. The topological polar surface area (TPSA) is 45.4 Å². The van der Waals surface area contributed by atoms with E-state index in [0.717, 1.165) is 6.21 Å². The number of rotatable bonds is 2. The average molecular weight is 165 g/mol. The van der Waals surface area contributed by atoms with Gasteiger partial charge in [-0.2, -0.15) is 0 Å². The van der Waals surface area contributed by atoms with Crippen LogP contribution in [0.1, 0.15) is 0 Å². The molecule has 0 aliphatic heterocycles. The van der Waals surface area contributed by atoms with Gasteiger partial charge in [-0.3, -0.25) is 0 Å². The summed E-state index contributed by atoms with van der Waals surface area (Å²) in [6.45, 7) is 0. The van der Waals surface area contributed by atoms with Crippen molar-refractivity contribution in [3.8, 4) is 0 Å². The maximum absolute atomic E-state index is 6.53. The lowest BCUT2D eigenvalue weighted by Gasteiger charge is -1.82. The Labute approximate surface area is 50.0 Å². The Bertz CT molecular complexity index is 90.9. The lowest BCUT2D eigenvalue weighted by atomic mass is 10.8. The maximum Gasteiger partial charge on any atom is 0.162 e. The minimum Gasteiger partial charge on any atom is -0.398 e. The largest absolute Gasteiger partial charge is 0.398 e. The van der Waals surface area contributed by atoms with Gasteiger partial charge in [-0.05, 0) is 15.9 Å². The Morgan fingerprint density at radius 1 is 2.00 bits per heavy atom. The van der Waals surface area contributed by atoms with Crippen molar-refractivity contribution in [3.63, 3.8) is 0 Å². The molecule has 0 aromatic carbocycles. The van der Waals surface area contributed by atoms with Crippen LogP contribution in [0.3, 0.4) is 0 Å². The molecular weight excluding hydrogens is 160 g/mol. The van der Waals surface area contributed by atoms with Gasteiger partial charge >= 0.3 is 0 Å². The van der Waals surface area contributed by atoms with Crippen molar-refractivity contribution in [3.05, 3.63) is 0 Å². The first-order chi connectivity index (χ1) is 3.31. The standard InChI is InChI=1S/C3H5BrN2O/c1-7-6-3(4)2-5/h2,5H,1H3/b5-2?,6-3+. The number of nitrogens with one attached hydrogen (secondary N) is 1. The smallest absolute Gasteiger partial charge is 0.162 e. The summed E-state index contributed by atoms with van der Waals surface area (Å²) in [6, 6.07) is 0. The van der Waals surface area contributed by atoms with Crippen LogP contribution in [0.4, 0.5) is 0 Å². The molecule has 40 valence electrons. The normalized spacial score (nSPS) is 10.9. The fraction of sp³-hybridized carbons (Fsp3) is 0.333. The Kier molecular flexibility index (Phi) is 3.59. The van der Waals surface area contributed by atoms with Crippen LogP contribution in [0.15, 0.2) is 5.16 Å². The highest BCUT2D eigenvalue weighted by molar-refractivity contribution is 9.19. The van der Waals surface area contributed by atoms with Crippen LogP contribution < -0.4 is 0 Å². The second-order valence-corrected chi connectivity index (χ2v) is 1.55. The molecule has 0 saturated heterocycles. The number of nitrogens with zero attached hydrogens (tertiary/aromatic N) is 1. The van der Waals surface area contributed by atoms with E-state index < -0.39 is 0 Å². The molecule has 0 aromatic heterocycles. The summed E-state index contributed by atoms with van der Waals surface area (Å²) in [5.41, 5.74) is 0. The third-order valence-corrected chi connectivity index (χ3v) is 0.671.